The van der Waals surface area contributed by atoms with E-state index in [1.165, 1.54) is 0 Å². The molecule has 1 aliphatic heterocycles. The zero-order valence-corrected chi connectivity index (χ0v) is 8.84. The molecule has 0 amide bonds. The molecule has 1 aromatic rings. The first-order chi connectivity index (χ1) is 6.27. The Labute approximate surface area is 85.4 Å². The Morgan fingerprint density at radius 1 is 1.54 bits per heavy atom. The summed E-state index contributed by atoms with van der Waals surface area (Å²) in [5, 5.41) is 0. The summed E-state index contributed by atoms with van der Waals surface area (Å²) in [4.78, 5) is 0. The minimum atomic E-state index is 0.362. The average molecular weight is 246 g/mol. The van der Waals surface area contributed by atoms with Crippen LogP contribution in [0.5, 0.6) is 0 Å². The van der Waals surface area contributed by atoms with Gasteiger partial charge in [-0.15, -0.1) is 0 Å². The van der Waals surface area contributed by atoms with E-state index in [-0.39, 0.29) is 0 Å². The van der Waals surface area contributed by atoms with E-state index in [9.17, 15) is 0 Å². The highest BCUT2D eigenvalue weighted by molar-refractivity contribution is 9.10. The number of hydrogen-bond acceptors (Lipinski definition) is 3. The molecule has 72 valence electrons. The van der Waals surface area contributed by atoms with Crippen molar-refractivity contribution in [2.45, 2.75) is 18.8 Å². The molecule has 4 heteroatoms. The van der Waals surface area contributed by atoms with E-state index >= 15 is 0 Å². The van der Waals surface area contributed by atoms with Crippen molar-refractivity contribution < 1.29 is 9.15 Å². The minimum absolute atomic E-state index is 0.362. The molecule has 0 saturated carbocycles. The zero-order valence-electron chi connectivity index (χ0n) is 7.25. The van der Waals surface area contributed by atoms with Crippen LogP contribution in [0.25, 0.3) is 0 Å². The second-order valence-electron chi connectivity index (χ2n) is 3.28. The van der Waals surface area contributed by atoms with Crippen LogP contribution in [-0.4, -0.2) is 13.2 Å². The molecule has 1 fully saturated rings. The van der Waals surface area contributed by atoms with Gasteiger partial charge < -0.3 is 14.9 Å². The van der Waals surface area contributed by atoms with E-state index in [2.05, 4.69) is 15.9 Å². The number of rotatable bonds is 1. The fraction of sp³-hybridized carbons (Fsp3) is 0.556. The van der Waals surface area contributed by atoms with Crippen molar-refractivity contribution in [1.82, 2.24) is 0 Å². The van der Waals surface area contributed by atoms with Crippen molar-refractivity contribution >= 4 is 21.8 Å². The third kappa shape index (κ3) is 1.89. The first-order valence-electron chi connectivity index (χ1n) is 4.40. The second-order valence-corrected chi connectivity index (χ2v) is 4.13. The van der Waals surface area contributed by atoms with Crippen molar-refractivity contribution in [2.24, 2.45) is 0 Å². The maximum atomic E-state index is 5.55. The van der Waals surface area contributed by atoms with E-state index in [0.717, 1.165) is 36.3 Å². The van der Waals surface area contributed by atoms with Crippen molar-refractivity contribution in [3.63, 3.8) is 0 Å². The topological polar surface area (TPSA) is 48.4 Å². The van der Waals surface area contributed by atoms with Crippen LogP contribution in [0.3, 0.4) is 0 Å². The molecular weight excluding hydrogens is 234 g/mol. The number of nitrogens with two attached hydrogens (primary N) is 1. The lowest BCUT2D eigenvalue weighted by atomic mass is 10.00. The molecule has 1 aromatic heterocycles. The summed E-state index contributed by atoms with van der Waals surface area (Å²) < 4.78 is 11.7. The third-order valence-electron chi connectivity index (χ3n) is 2.26. The van der Waals surface area contributed by atoms with Gasteiger partial charge in [0.25, 0.3) is 0 Å². The number of nitrogen functional groups attached to an aromatic ring is 1. The van der Waals surface area contributed by atoms with Crippen LogP contribution in [0.15, 0.2) is 15.0 Å². The molecular formula is C9H12BrNO2. The van der Waals surface area contributed by atoms with Gasteiger partial charge in [-0.25, -0.2) is 0 Å². The van der Waals surface area contributed by atoms with Gasteiger partial charge in [0.2, 0.25) is 0 Å². The van der Waals surface area contributed by atoms with Crippen molar-refractivity contribution in [3.05, 3.63) is 16.3 Å². The van der Waals surface area contributed by atoms with E-state index < -0.39 is 0 Å². The Balaban J connectivity index is 2.18. The smallest absolute Gasteiger partial charge is 0.191 e. The van der Waals surface area contributed by atoms with E-state index in [4.69, 9.17) is 14.9 Å². The van der Waals surface area contributed by atoms with Crippen molar-refractivity contribution in [3.8, 4) is 0 Å². The van der Waals surface area contributed by atoms with Gasteiger partial charge in [-0.2, -0.15) is 0 Å². The largest absolute Gasteiger partial charge is 0.444 e. The number of furan rings is 1. The molecule has 1 unspecified atom stereocenters. The van der Waals surface area contributed by atoms with Gasteiger partial charge in [-0.05, 0) is 28.8 Å². The molecule has 1 saturated heterocycles. The average Bonchev–Trinajstić information content (AvgIpc) is 2.47. The van der Waals surface area contributed by atoms with Crippen LogP contribution < -0.4 is 5.73 Å². The van der Waals surface area contributed by atoms with Crippen molar-refractivity contribution in [2.75, 3.05) is 18.9 Å². The van der Waals surface area contributed by atoms with Gasteiger partial charge in [0.05, 0.1) is 11.1 Å². The molecule has 0 bridgehead atoms. The molecule has 0 aliphatic carbocycles. The van der Waals surface area contributed by atoms with Crippen LogP contribution in [0, 0.1) is 0 Å². The molecule has 2 rings (SSSR count). The van der Waals surface area contributed by atoms with Gasteiger partial charge in [0.1, 0.15) is 5.76 Å². The maximum absolute atomic E-state index is 5.55. The first-order valence-corrected chi connectivity index (χ1v) is 5.19. The Morgan fingerprint density at radius 2 is 2.38 bits per heavy atom. The molecule has 13 heavy (non-hydrogen) atoms. The Morgan fingerprint density at radius 3 is 2.92 bits per heavy atom. The van der Waals surface area contributed by atoms with Crippen LogP contribution in [-0.2, 0) is 4.74 Å². The summed E-state index contributed by atoms with van der Waals surface area (Å²) in [5.41, 5.74) is 5.55. The number of ether oxygens (including phenoxy) is 1. The van der Waals surface area contributed by atoms with Gasteiger partial charge in [-0.3, -0.25) is 0 Å². The predicted octanol–water partition coefficient (Wildman–Crippen LogP) is 2.52. The summed E-state index contributed by atoms with van der Waals surface area (Å²) >= 11 is 3.42. The highest BCUT2D eigenvalue weighted by Crippen LogP contribution is 2.34. The van der Waals surface area contributed by atoms with Gasteiger partial charge in [-0.1, -0.05) is 0 Å². The molecule has 2 N–H and O–H groups in total. The van der Waals surface area contributed by atoms with Crippen LogP contribution in [0.4, 0.5) is 5.88 Å². The monoisotopic (exact) mass is 245 g/mol. The van der Waals surface area contributed by atoms with Crippen LogP contribution >= 0.6 is 15.9 Å². The SMILES string of the molecule is Nc1cc(Br)c(C2CCCOC2)o1. The molecule has 1 aliphatic rings. The Hall–Kier alpha value is -0.480. The standard InChI is InChI=1S/C9H12BrNO2/c10-7-4-8(11)13-9(7)6-2-1-3-12-5-6/h4,6H,1-3,5,11H2. The minimum Gasteiger partial charge on any atom is -0.444 e. The Kier molecular flexibility index (Phi) is 2.60. The molecule has 3 nitrogen and oxygen atoms in total. The zero-order chi connectivity index (χ0) is 9.26. The van der Waals surface area contributed by atoms with Crippen LogP contribution in [0.2, 0.25) is 0 Å². The van der Waals surface area contributed by atoms with Crippen molar-refractivity contribution in [1.29, 1.82) is 0 Å². The number of anilines is 1. The first kappa shape index (κ1) is 9.09. The highest BCUT2D eigenvalue weighted by Gasteiger charge is 2.22. The molecule has 2 heterocycles. The third-order valence-corrected chi connectivity index (χ3v) is 2.88. The highest BCUT2D eigenvalue weighted by atomic mass is 79.9. The lowest BCUT2D eigenvalue weighted by Crippen LogP contribution is -2.15. The molecule has 0 aromatic carbocycles. The fourth-order valence-electron chi connectivity index (χ4n) is 1.63. The predicted molar refractivity (Wildman–Crippen MR) is 53.6 cm³/mol. The summed E-state index contributed by atoms with van der Waals surface area (Å²) in [6.45, 7) is 1.61. The van der Waals surface area contributed by atoms with E-state index in [1.54, 1.807) is 6.07 Å². The normalized spacial score (nSPS) is 23.3. The Bertz CT molecular complexity index is 292. The summed E-state index contributed by atoms with van der Waals surface area (Å²) in [6.07, 6.45) is 2.21. The van der Waals surface area contributed by atoms with Crippen LogP contribution in [0.1, 0.15) is 24.5 Å². The molecule has 0 spiro atoms. The number of hydrogen-bond donors (Lipinski definition) is 1. The van der Waals surface area contributed by atoms with E-state index in [1.807, 2.05) is 0 Å². The quantitative estimate of drug-likeness (QED) is 0.828. The molecule has 0 radical (unpaired) electrons. The summed E-state index contributed by atoms with van der Waals surface area (Å²) in [5.74, 6) is 1.75. The van der Waals surface area contributed by atoms with Gasteiger partial charge in [0, 0.05) is 18.6 Å². The second kappa shape index (κ2) is 3.72. The van der Waals surface area contributed by atoms with E-state index in [0.29, 0.717) is 11.8 Å². The summed E-state index contributed by atoms with van der Waals surface area (Å²) in [7, 11) is 0. The fourth-order valence-corrected chi connectivity index (χ4v) is 2.26. The van der Waals surface area contributed by atoms with Gasteiger partial charge >= 0.3 is 0 Å². The maximum Gasteiger partial charge on any atom is 0.191 e. The lowest BCUT2D eigenvalue weighted by molar-refractivity contribution is 0.0742. The lowest BCUT2D eigenvalue weighted by Gasteiger charge is -2.20. The van der Waals surface area contributed by atoms with Gasteiger partial charge in [0.15, 0.2) is 5.88 Å². The molecule has 1 atom stereocenters. The number of halogens is 1. The summed E-state index contributed by atoms with van der Waals surface area (Å²) in [6, 6.07) is 1.80.